The minimum absolute atomic E-state index is 0.0227. The average Bonchev–Trinajstić information content (AvgIpc) is 2.40. The predicted octanol–water partition coefficient (Wildman–Crippen LogP) is 4.19. The summed E-state index contributed by atoms with van der Waals surface area (Å²) in [5.74, 6) is -0.568. The molecule has 2 N–H and O–H groups in total. The van der Waals surface area contributed by atoms with Crippen molar-refractivity contribution < 1.29 is 17.6 Å². The van der Waals surface area contributed by atoms with Crippen molar-refractivity contribution in [3.05, 3.63) is 53.8 Å². The molecule has 106 valence electrons. The molecule has 2 aromatic rings. The maximum atomic E-state index is 13.4. The average molecular weight is 284 g/mol. The van der Waals surface area contributed by atoms with Crippen LogP contribution < -0.4 is 10.6 Å². The zero-order valence-corrected chi connectivity index (χ0v) is 10.6. The molecule has 0 radical (unpaired) electrons. The third kappa shape index (κ3) is 2.84. The van der Waals surface area contributed by atoms with Gasteiger partial charge in [-0.15, -0.1) is 0 Å². The van der Waals surface area contributed by atoms with Crippen molar-refractivity contribution in [3.63, 3.8) is 0 Å². The van der Waals surface area contributed by atoms with Crippen molar-refractivity contribution in [2.45, 2.75) is 6.18 Å². The second-order valence-corrected chi connectivity index (χ2v) is 4.31. The summed E-state index contributed by atoms with van der Waals surface area (Å²) >= 11 is 0. The van der Waals surface area contributed by atoms with Gasteiger partial charge in [0.05, 0.1) is 11.3 Å². The van der Waals surface area contributed by atoms with Gasteiger partial charge in [-0.1, -0.05) is 0 Å². The molecule has 0 aliphatic heterocycles. The Morgan fingerprint density at radius 1 is 0.950 bits per heavy atom. The third-order valence-corrected chi connectivity index (χ3v) is 2.95. The Kier molecular flexibility index (Phi) is 3.57. The van der Waals surface area contributed by atoms with E-state index in [0.29, 0.717) is 11.4 Å². The van der Waals surface area contributed by atoms with E-state index in [4.69, 9.17) is 5.73 Å². The van der Waals surface area contributed by atoms with Crippen LogP contribution in [0.2, 0.25) is 0 Å². The van der Waals surface area contributed by atoms with Crippen LogP contribution in [0.25, 0.3) is 0 Å². The molecular formula is C14H12F4N2. The molecule has 0 atom stereocenters. The van der Waals surface area contributed by atoms with Crippen LogP contribution in [-0.2, 0) is 6.18 Å². The highest BCUT2D eigenvalue weighted by Gasteiger charge is 2.30. The van der Waals surface area contributed by atoms with E-state index in [1.165, 1.54) is 24.3 Å². The van der Waals surface area contributed by atoms with Gasteiger partial charge < -0.3 is 10.6 Å². The van der Waals surface area contributed by atoms with E-state index < -0.39 is 17.6 Å². The van der Waals surface area contributed by atoms with Crippen LogP contribution in [0.3, 0.4) is 0 Å². The van der Waals surface area contributed by atoms with E-state index in [2.05, 4.69) is 0 Å². The number of halogens is 4. The summed E-state index contributed by atoms with van der Waals surface area (Å²) in [5.41, 5.74) is 5.69. The Morgan fingerprint density at radius 2 is 1.50 bits per heavy atom. The number of nitrogen functional groups attached to an aromatic ring is 1. The fraction of sp³-hybridized carbons (Fsp3) is 0.143. The van der Waals surface area contributed by atoms with Crippen molar-refractivity contribution in [2.24, 2.45) is 0 Å². The molecule has 0 aromatic heterocycles. The minimum atomic E-state index is -4.37. The predicted molar refractivity (Wildman–Crippen MR) is 70.3 cm³/mol. The highest BCUT2D eigenvalue weighted by atomic mass is 19.4. The Balaban J connectivity index is 2.29. The van der Waals surface area contributed by atoms with Gasteiger partial charge in [0.2, 0.25) is 0 Å². The Labute approximate surface area is 113 Å². The number of benzene rings is 2. The fourth-order valence-electron chi connectivity index (χ4n) is 1.75. The summed E-state index contributed by atoms with van der Waals surface area (Å²) in [6, 6.07) is 8.86. The van der Waals surface area contributed by atoms with E-state index in [-0.39, 0.29) is 5.69 Å². The summed E-state index contributed by atoms with van der Waals surface area (Å²) in [6.07, 6.45) is -4.37. The van der Waals surface area contributed by atoms with E-state index in [1.54, 1.807) is 18.0 Å². The van der Waals surface area contributed by atoms with Crippen molar-refractivity contribution in [3.8, 4) is 0 Å². The van der Waals surface area contributed by atoms with Crippen molar-refractivity contribution in [1.82, 2.24) is 0 Å². The summed E-state index contributed by atoms with van der Waals surface area (Å²) in [5, 5.41) is 0. The summed E-state index contributed by atoms with van der Waals surface area (Å²) < 4.78 is 50.8. The standard InChI is InChI=1S/C14H12F4N2/c1-20(11-6-7-13(19)12(15)8-11)10-4-2-9(3-5-10)14(16,17)18/h2-8H,19H2,1H3. The molecule has 0 saturated heterocycles. The molecule has 0 heterocycles. The molecule has 0 spiro atoms. The van der Waals surface area contributed by atoms with E-state index in [9.17, 15) is 17.6 Å². The molecule has 2 rings (SSSR count). The Hall–Kier alpha value is -2.24. The van der Waals surface area contributed by atoms with Crippen molar-refractivity contribution in [2.75, 3.05) is 17.7 Å². The summed E-state index contributed by atoms with van der Waals surface area (Å²) in [6.45, 7) is 0. The molecule has 6 heteroatoms. The smallest absolute Gasteiger partial charge is 0.396 e. The first kappa shape index (κ1) is 14.2. The van der Waals surface area contributed by atoms with E-state index in [1.807, 2.05) is 0 Å². The van der Waals surface area contributed by atoms with Crippen molar-refractivity contribution in [1.29, 1.82) is 0 Å². The van der Waals surface area contributed by atoms with Crippen LogP contribution in [0.15, 0.2) is 42.5 Å². The molecule has 0 fully saturated rings. The molecule has 0 aliphatic carbocycles. The number of hydrogen-bond acceptors (Lipinski definition) is 2. The SMILES string of the molecule is CN(c1ccc(C(F)(F)F)cc1)c1ccc(N)c(F)c1. The molecule has 0 saturated carbocycles. The highest BCUT2D eigenvalue weighted by molar-refractivity contribution is 5.64. The first-order valence-electron chi connectivity index (χ1n) is 5.75. The van der Waals surface area contributed by atoms with Crippen LogP contribution in [0.1, 0.15) is 5.56 Å². The topological polar surface area (TPSA) is 29.3 Å². The molecule has 0 unspecified atom stereocenters. The van der Waals surface area contributed by atoms with Crippen LogP contribution in [0.5, 0.6) is 0 Å². The maximum absolute atomic E-state index is 13.4. The number of nitrogens with zero attached hydrogens (tertiary/aromatic N) is 1. The first-order valence-corrected chi connectivity index (χ1v) is 5.75. The van der Waals surface area contributed by atoms with Crippen molar-refractivity contribution >= 4 is 17.1 Å². The molecule has 0 aliphatic rings. The van der Waals surface area contributed by atoms with Gasteiger partial charge in [-0.25, -0.2) is 4.39 Å². The van der Waals surface area contributed by atoms with E-state index in [0.717, 1.165) is 12.1 Å². The maximum Gasteiger partial charge on any atom is 0.416 e. The van der Waals surface area contributed by atoms with Gasteiger partial charge in [-0.05, 0) is 42.5 Å². The lowest BCUT2D eigenvalue weighted by atomic mass is 10.1. The normalized spacial score (nSPS) is 11.4. The molecule has 0 bridgehead atoms. The lowest BCUT2D eigenvalue weighted by Gasteiger charge is -2.20. The van der Waals surface area contributed by atoms with Gasteiger partial charge in [0.25, 0.3) is 0 Å². The minimum Gasteiger partial charge on any atom is -0.396 e. The monoisotopic (exact) mass is 284 g/mol. The van der Waals surface area contributed by atoms with Gasteiger partial charge >= 0.3 is 6.18 Å². The fourth-order valence-corrected chi connectivity index (χ4v) is 1.75. The van der Waals surface area contributed by atoms with Crippen LogP contribution in [0, 0.1) is 5.82 Å². The lowest BCUT2D eigenvalue weighted by molar-refractivity contribution is -0.137. The van der Waals surface area contributed by atoms with Gasteiger partial charge in [-0.3, -0.25) is 0 Å². The number of alkyl halides is 3. The third-order valence-electron chi connectivity index (χ3n) is 2.95. The number of nitrogens with two attached hydrogens (primary N) is 1. The molecular weight excluding hydrogens is 272 g/mol. The van der Waals surface area contributed by atoms with E-state index >= 15 is 0 Å². The van der Waals surface area contributed by atoms with Crippen LogP contribution in [-0.4, -0.2) is 7.05 Å². The molecule has 2 nitrogen and oxygen atoms in total. The largest absolute Gasteiger partial charge is 0.416 e. The molecule has 0 amide bonds. The molecule has 20 heavy (non-hydrogen) atoms. The van der Waals surface area contributed by atoms with Gasteiger partial charge in [0.1, 0.15) is 5.82 Å². The zero-order valence-electron chi connectivity index (χ0n) is 10.6. The second kappa shape index (κ2) is 5.03. The van der Waals surface area contributed by atoms with Gasteiger partial charge in [-0.2, -0.15) is 13.2 Å². The summed E-state index contributed by atoms with van der Waals surface area (Å²) in [7, 11) is 1.63. The lowest BCUT2D eigenvalue weighted by Crippen LogP contribution is -2.11. The summed E-state index contributed by atoms with van der Waals surface area (Å²) in [4.78, 5) is 1.57. The number of rotatable bonds is 2. The second-order valence-electron chi connectivity index (χ2n) is 4.31. The highest BCUT2D eigenvalue weighted by Crippen LogP contribution is 2.32. The van der Waals surface area contributed by atoms with Gasteiger partial charge in [0, 0.05) is 18.4 Å². The molecule has 2 aromatic carbocycles. The zero-order chi connectivity index (χ0) is 14.9. The van der Waals surface area contributed by atoms with Gasteiger partial charge in [0.15, 0.2) is 0 Å². The van der Waals surface area contributed by atoms with Crippen LogP contribution in [0.4, 0.5) is 34.6 Å². The Bertz CT molecular complexity index is 606. The number of anilines is 3. The number of hydrogen-bond donors (Lipinski definition) is 1. The Morgan fingerprint density at radius 3 is 2.00 bits per heavy atom. The van der Waals surface area contributed by atoms with Crippen LogP contribution >= 0.6 is 0 Å². The first-order chi connectivity index (χ1) is 9.29. The quantitative estimate of drug-likeness (QED) is 0.661.